The molecule has 0 amide bonds. The largest absolute Gasteiger partial charge is 0.481 e. The zero-order valence-corrected chi connectivity index (χ0v) is 13.8. The first kappa shape index (κ1) is 16.4. The number of rotatable bonds is 5. The van der Waals surface area contributed by atoms with Crippen LogP contribution in [-0.2, 0) is 11.2 Å². The van der Waals surface area contributed by atoms with Crippen molar-refractivity contribution in [1.29, 1.82) is 0 Å². The van der Waals surface area contributed by atoms with Gasteiger partial charge in [-0.05, 0) is 12.8 Å². The first-order valence-electron chi connectivity index (χ1n) is 8.13. The van der Waals surface area contributed by atoms with E-state index in [4.69, 9.17) is 9.63 Å². The van der Waals surface area contributed by atoms with E-state index in [1.807, 2.05) is 13.8 Å². The summed E-state index contributed by atoms with van der Waals surface area (Å²) in [5, 5.41) is 13.1. The molecular weight excluding hydrogens is 310 g/mol. The molecular formula is C16H21N5O3. The molecule has 0 atom stereocenters. The van der Waals surface area contributed by atoms with Crippen molar-refractivity contribution < 1.29 is 14.4 Å². The molecule has 0 aliphatic carbocycles. The number of anilines is 1. The van der Waals surface area contributed by atoms with E-state index >= 15 is 0 Å². The van der Waals surface area contributed by atoms with E-state index in [0.29, 0.717) is 17.3 Å². The standard InChI is InChI=1S/C16H21N5O3/c1-10(2)14-19-16(24-20-14)11-3-5-21(6-4-11)15-12(7-13(22)23)8-17-9-18-15/h8-11H,3-7H2,1-2H3,(H,22,23). The molecule has 3 heterocycles. The number of piperidine rings is 1. The lowest BCUT2D eigenvalue weighted by Gasteiger charge is -2.32. The molecule has 0 bridgehead atoms. The molecule has 128 valence electrons. The zero-order chi connectivity index (χ0) is 17.1. The minimum atomic E-state index is -0.881. The molecule has 1 aliphatic heterocycles. The second kappa shape index (κ2) is 6.94. The second-order valence-electron chi connectivity index (χ2n) is 6.35. The van der Waals surface area contributed by atoms with Gasteiger partial charge in [0.2, 0.25) is 5.89 Å². The molecule has 1 N–H and O–H groups in total. The van der Waals surface area contributed by atoms with Crippen LogP contribution < -0.4 is 4.90 Å². The Kier molecular flexibility index (Phi) is 4.73. The lowest BCUT2D eigenvalue weighted by molar-refractivity contribution is -0.136. The first-order chi connectivity index (χ1) is 11.5. The van der Waals surface area contributed by atoms with Gasteiger partial charge >= 0.3 is 5.97 Å². The van der Waals surface area contributed by atoms with Crippen LogP contribution in [-0.4, -0.2) is 44.3 Å². The predicted octanol–water partition coefficient (Wildman–Crippen LogP) is 1.99. The lowest BCUT2D eigenvalue weighted by atomic mass is 9.96. The SMILES string of the molecule is CC(C)c1noc(C2CCN(c3ncncc3CC(=O)O)CC2)n1. The minimum Gasteiger partial charge on any atom is -0.481 e. The number of carboxylic acid groups (broad SMARTS) is 1. The Hall–Kier alpha value is -2.51. The molecule has 8 heteroatoms. The molecule has 0 saturated carbocycles. The summed E-state index contributed by atoms with van der Waals surface area (Å²) in [6.45, 7) is 5.62. The van der Waals surface area contributed by atoms with Crippen LogP contribution in [0.1, 0.15) is 55.8 Å². The van der Waals surface area contributed by atoms with Crippen molar-refractivity contribution in [2.75, 3.05) is 18.0 Å². The molecule has 0 aromatic carbocycles. The minimum absolute atomic E-state index is 0.0719. The topological polar surface area (TPSA) is 105 Å². The maximum atomic E-state index is 11.0. The molecule has 1 saturated heterocycles. The van der Waals surface area contributed by atoms with Crippen molar-refractivity contribution in [1.82, 2.24) is 20.1 Å². The van der Waals surface area contributed by atoms with Crippen molar-refractivity contribution >= 4 is 11.8 Å². The van der Waals surface area contributed by atoms with Crippen molar-refractivity contribution in [2.45, 2.75) is 44.9 Å². The molecule has 1 fully saturated rings. The van der Waals surface area contributed by atoms with Crippen LogP contribution >= 0.6 is 0 Å². The van der Waals surface area contributed by atoms with Gasteiger partial charge in [0.05, 0.1) is 6.42 Å². The van der Waals surface area contributed by atoms with Crippen molar-refractivity contribution in [3.63, 3.8) is 0 Å². The second-order valence-corrected chi connectivity index (χ2v) is 6.35. The third-order valence-corrected chi connectivity index (χ3v) is 4.22. The van der Waals surface area contributed by atoms with Crippen molar-refractivity contribution in [2.24, 2.45) is 0 Å². The normalized spacial score (nSPS) is 15.9. The number of aromatic nitrogens is 4. The Bertz CT molecular complexity index is 707. The maximum Gasteiger partial charge on any atom is 0.308 e. The molecule has 2 aromatic heterocycles. The molecule has 0 radical (unpaired) electrons. The van der Waals surface area contributed by atoms with Crippen LogP contribution in [0.2, 0.25) is 0 Å². The first-order valence-corrected chi connectivity index (χ1v) is 8.13. The number of carboxylic acids is 1. The van der Waals surface area contributed by atoms with Crippen LogP contribution in [0, 0.1) is 0 Å². The lowest BCUT2D eigenvalue weighted by Crippen LogP contribution is -2.34. The fraction of sp³-hybridized carbons (Fsp3) is 0.562. The third-order valence-electron chi connectivity index (χ3n) is 4.22. The molecule has 2 aromatic rings. The fourth-order valence-corrected chi connectivity index (χ4v) is 2.91. The Balaban J connectivity index is 1.68. The van der Waals surface area contributed by atoms with E-state index in [2.05, 4.69) is 25.0 Å². The Morgan fingerprint density at radius 3 is 2.79 bits per heavy atom. The van der Waals surface area contributed by atoms with Crippen LogP contribution in [0.3, 0.4) is 0 Å². The monoisotopic (exact) mass is 331 g/mol. The zero-order valence-electron chi connectivity index (χ0n) is 13.8. The van der Waals surface area contributed by atoms with E-state index in [1.54, 1.807) is 6.20 Å². The summed E-state index contributed by atoms with van der Waals surface area (Å²) in [4.78, 5) is 25.8. The quantitative estimate of drug-likeness (QED) is 0.887. The van der Waals surface area contributed by atoms with Crippen LogP contribution in [0.25, 0.3) is 0 Å². The molecule has 0 spiro atoms. The van der Waals surface area contributed by atoms with Gasteiger partial charge < -0.3 is 14.5 Å². The van der Waals surface area contributed by atoms with E-state index < -0.39 is 5.97 Å². The van der Waals surface area contributed by atoms with Gasteiger partial charge in [-0.2, -0.15) is 4.98 Å². The Labute approximate surface area is 139 Å². The van der Waals surface area contributed by atoms with Gasteiger partial charge in [-0.1, -0.05) is 19.0 Å². The summed E-state index contributed by atoms with van der Waals surface area (Å²) in [7, 11) is 0. The number of carbonyl (C=O) groups is 1. The van der Waals surface area contributed by atoms with Gasteiger partial charge in [0.15, 0.2) is 5.82 Å². The predicted molar refractivity (Wildman–Crippen MR) is 85.9 cm³/mol. The highest BCUT2D eigenvalue weighted by atomic mass is 16.5. The van der Waals surface area contributed by atoms with E-state index in [1.165, 1.54) is 6.33 Å². The van der Waals surface area contributed by atoms with Gasteiger partial charge in [-0.15, -0.1) is 0 Å². The van der Waals surface area contributed by atoms with E-state index in [-0.39, 0.29) is 18.3 Å². The average Bonchev–Trinajstić information content (AvgIpc) is 3.05. The summed E-state index contributed by atoms with van der Waals surface area (Å²) < 4.78 is 5.40. The third kappa shape index (κ3) is 3.52. The maximum absolute atomic E-state index is 11.0. The molecule has 3 rings (SSSR count). The van der Waals surface area contributed by atoms with Gasteiger partial charge in [0, 0.05) is 36.7 Å². The number of nitrogens with zero attached hydrogens (tertiary/aromatic N) is 5. The highest BCUT2D eigenvalue weighted by Gasteiger charge is 2.27. The van der Waals surface area contributed by atoms with Gasteiger partial charge in [0.25, 0.3) is 0 Å². The average molecular weight is 331 g/mol. The number of hydrogen-bond acceptors (Lipinski definition) is 7. The van der Waals surface area contributed by atoms with Crippen LogP contribution in [0.15, 0.2) is 17.0 Å². The molecule has 8 nitrogen and oxygen atoms in total. The number of aliphatic carboxylic acids is 1. The summed E-state index contributed by atoms with van der Waals surface area (Å²) in [5.74, 6) is 1.76. The van der Waals surface area contributed by atoms with Gasteiger partial charge in [-0.3, -0.25) is 4.79 Å². The van der Waals surface area contributed by atoms with Crippen molar-refractivity contribution in [3.8, 4) is 0 Å². The highest BCUT2D eigenvalue weighted by Crippen LogP contribution is 2.30. The molecule has 0 unspecified atom stereocenters. The Morgan fingerprint density at radius 2 is 2.17 bits per heavy atom. The van der Waals surface area contributed by atoms with Crippen LogP contribution in [0.5, 0.6) is 0 Å². The Morgan fingerprint density at radius 1 is 1.42 bits per heavy atom. The fourth-order valence-electron chi connectivity index (χ4n) is 2.91. The van der Waals surface area contributed by atoms with E-state index in [9.17, 15) is 4.79 Å². The molecule has 24 heavy (non-hydrogen) atoms. The summed E-state index contributed by atoms with van der Waals surface area (Å²) in [5.41, 5.74) is 0.642. The summed E-state index contributed by atoms with van der Waals surface area (Å²) in [6, 6.07) is 0. The molecule has 1 aliphatic rings. The van der Waals surface area contributed by atoms with Crippen LogP contribution in [0.4, 0.5) is 5.82 Å². The van der Waals surface area contributed by atoms with Gasteiger partial charge in [0.1, 0.15) is 12.1 Å². The van der Waals surface area contributed by atoms with Crippen molar-refractivity contribution in [3.05, 3.63) is 29.8 Å². The van der Waals surface area contributed by atoms with E-state index in [0.717, 1.165) is 31.8 Å². The summed E-state index contributed by atoms with van der Waals surface area (Å²) >= 11 is 0. The smallest absolute Gasteiger partial charge is 0.308 e. The van der Waals surface area contributed by atoms with Gasteiger partial charge in [-0.25, -0.2) is 9.97 Å². The highest BCUT2D eigenvalue weighted by molar-refractivity contribution is 5.72. The number of hydrogen-bond donors (Lipinski definition) is 1. The summed E-state index contributed by atoms with van der Waals surface area (Å²) in [6.07, 6.45) is 4.71.